The van der Waals surface area contributed by atoms with Crippen LogP contribution >= 0.6 is 0 Å². The Labute approximate surface area is 137 Å². The fourth-order valence-corrected chi connectivity index (χ4v) is 3.54. The second-order valence-corrected chi connectivity index (χ2v) is 6.37. The highest BCUT2D eigenvalue weighted by Gasteiger charge is 2.50. The third kappa shape index (κ3) is 2.75. The van der Waals surface area contributed by atoms with Crippen molar-refractivity contribution in [2.45, 2.75) is 30.3 Å². The molecule has 2 heterocycles. The summed E-state index contributed by atoms with van der Waals surface area (Å²) in [5.74, 6) is -1.94. The van der Waals surface area contributed by atoms with E-state index in [-0.39, 0.29) is 51.1 Å². The summed E-state index contributed by atoms with van der Waals surface area (Å²) in [6.45, 7) is 0.299. The van der Waals surface area contributed by atoms with E-state index in [2.05, 4.69) is 0 Å². The zero-order valence-corrected chi connectivity index (χ0v) is 13.0. The number of benzene rings is 1. The molecular formula is C17H17F3N2O2. The van der Waals surface area contributed by atoms with Crippen LogP contribution in [0.25, 0.3) is 0 Å². The van der Waals surface area contributed by atoms with Crippen molar-refractivity contribution in [1.29, 1.82) is 5.26 Å². The number of likely N-dealkylation sites (tertiary alicyclic amines) is 1. The second-order valence-electron chi connectivity index (χ2n) is 6.37. The van der Waals surface area contributed by atoms with Crippen molar-refractivity contribution in [2.75, 3.05) is 26.3 Å². The molecule has 7 heteroatoms. The van der Waals surface area contributed by atoms with Crippen molar-refractivity contribution < 1.29 is 22.7 Å². The Hall–Kier alpha value is -2.07. The first-order chi connectivity index (χ1) is 11.4. The molecule has 128 valence electrons. The molecule has 1 amide bonds. The van der Waals surface area contributed by atoms with Gasteiger partial charge in [0, 0.05) is 37.8 Å². The monoisotopic (exact) mass is 338 g/mol. The molecule has 1 aromatic rings. The Morgan fingerprint density at radius 2 is 1.96 bits per heavy atom. The summed E-state index contributed by atoms with van der Waals surface area (Å²) in [5, 5.41) is 8.91. The van der Waals surface area contributed by atoms with Gasteiger partial charge in [-0.15, -0.1) is 0 Å². The first kappa shape index (κ1) is 16.8. The summed E-state index contributed by atoms with van der Waals surface area (Å²) in [6, 6.07) is 4.73. The lowest BCUT2D eigenvalue weighted by molar-refractivity contribution is -0.140. The molecule has 1 aromatic carbocycles. The highest BCUT2D eigenvalue weighted by atomic mass is 19.1. The van der Waals surface area contributed by atoms with E-state index in [0.717, 1.165) is 12.1 Å². The Kier molecular flexibility index (Phi) is 4.26. The second kappa shape index (κ2) is 6.10. The molecule has 3 rings (SSSR count). The van der Waals surface area contributed by atoms with Crippen molar-refractivity contribution in [3.63, 3.8) is 0 Å². The van der Waals surface area contributed by atoms with Crippen molar-refractivity contribution in [3.8, 4) is 6.07 Å². The largest absolute Gasteiger partial charge is 0.381 e. The number of halogens is 3. The van der Waals surface area contributed by atoms with E-state index >= 15 is 0 Å². The Morgan fingerprint density at radius 3 is 2.54 bits per heavy atom. The summed E-state index contributed by atoms with van der Waals surface area (Å²) in [6.07, 6.45) is 0.404. The van der Waals surface area contributed by atoms with Gasteiger partial charge >= 0.3 is 0 Å². The van der Waals surface area contributed by atoms with Crippen molar-refractivity contribution in [2.24, 2.45) is 0 Å². The molecule has 0 bridgehead atoms. The van der Waals surface area contributed by atoms with Crippen LogP contribution in [0.1, 0.15) is 24.8 Å². The molecule has 2 saturated heterocycles. The number of hydrogen-bond donors (Lipinski definition) is 0. The van der Waals surface area contributed by atoms with Crippen molar-refractivity contribution >= 4 is 5.91 Å². The Bertz CT molecular complexity index is 698. The number of amides is 1. The fraction of sp³-hybridized carbons (Fsp3) is 0.529. The van der Waals surface area contributed by atoms with Gasteiger partial charge in [-0.3, -0.25) is 4.79 Å². The number of nitriles is 1. The number of carbonyl (C=O) groups is 1. The molecule has 0 N–H and O–H groups in total. The van der Waals surface area contributed by atoms with Gasteiger partial charge in [0.15, 0.2) is 0 Å². The van der Waals surface area contributed by atoms with Crippen molar-refractivity contribution in [1.82, 2.24) is 4.90 Å². The lowest BCUT2D eigenvalue weighted by atomic mass is 9.72. The molecule has 2 fully saturated rings. The standard InChI is InChI=1S/C17H17F3N2O2/c18-12-1-2-13(14(19)9-12)17(4-7-24-8-5-17)15(23)22-6-3-16(20,10-21)11-22/h1-2,9H,3-8,11H2. The van der Waals surface area contributed by atoms with Gasteiger partial charge in [-0.25, -0.2) is 13.2 Å². The summed E-state index contributed by atoms with van der Waals surface area (Å²) in [4.78, 5) is 14.4. The third-order valence-electron chi connectivity index (χ3n) is 4.91. The van der Waals surface area contributed by atoms with Crippen LogP contribution in [0.3, 0.4) is 0 Å². The predicted octanol–water partition coefficient (Wildman–Crippen LogP) is 2.48. The van der Waals surface area contributed by atoms with Crippen LogP contribution in [0, 0.1) is 23.0 Å². The first-order valence-corrected chi connectivity index (χ1v) is 7.83. The summed E-state index contributed by atoms with van der Waals surface area (Å²) >= 11 is 0. The highest BCUT2D eigenvalue weighted by molar-refractivity contribution is 5.89. The van der Waals surface area contributed by atoms with Gasteiger partial charge in [0.05, 0.1) is 12.0 Å². The van der Waals surface area contributed by atoms with E-state index in [4.69, 9.17) is 10.00 Å². The molecule has 1 unspecified atom stereocenters. The first-order valence-electron chi connectivity index (χ1n) is 7.83. The predicted molar refractivity (Wildman–Crippen MR) is 78.7 cm³/mol. The molecular weight excluding hydrogens is 321 g/mol. The molecule has 0 saturated carbocycles. The number of alkyl halides is 1. The minimum absolute atomic E-state index is 0.0618. The van der Waals surface area contributed by atoms with Crippen LogP contribution in [0.15, 0.2) is 18.2 Å². The van der Waals surface area contributed by atoms with Gasteiger partial charge < -0.3 is 9.64 Å². The van der Waals surface area contributed by atoms with E-state index < -0.39 is 28.6 Å². The molecule has 0 aromatic heterocycles. The number of carbonyl (C=O) groups excluding carboxylic acids is 1. The topological polar surface area (TPSA) is 53.3 Å². The molecule has 2 aliphatic rings. The lowest BCUT2D eigenvalue weighted by Crippen LogP contribution is -2.50. The van der Waals surface area contributed by atoms with Gasteiger partial charge in [0.25, 0.3) is 0 Å². The van der Waals surface area contributed by atoms with E-state index in [1.165, 1.54) is 11.0 Å². The van der Waals surface area contributed by atoms with Gasteiger partial charge in [-0.1, -0.05) is 6.07 Å². The number of rotatable bonds is 2. The zero-order chi connectivity index (χ0) is 17.4. The molecule has 4 nitrogen and oxygen atoms in total. The van der Waals surface area contributed by atoms with Gasteiger partial charge in [-0.2, -0.15) is 5.26 Å². The van der Waals surface area contributed by atoms with Crippen LogP contribution in [-0.4, -0.2) is 42.8 Å². The van der Waals surface area contributed by atoms with Crippen LogP contribution in [-0.2, 0) is 14.9 Å². The highest BCUT2D eigenvalue weighted by Crippen LogP contribution is 2.40. The van der Waals surface area contributed by atoms with Gasteiger partial charge in [-0.05, 0) is 18.9 Å². The van der Waals surface area contributed by atoms with Crippen LogP contribution in [0.5, 0.6) is 0 Å². The number of hydrogen-bond acceptors (Lipinski definition) is 3. The number of nitrogens with zero attached hydrogens (tertiary/aromatic N) is 2. The van der Waals surface area contributed by atoms with E-state index in [1.807, 2.05) is 0 Å². The SMILES string of the molecule is N#CC1(F)CCN(C(=O)C2(c3ccc(F)cc3F)CCOCC2)C1. The normalized spacial score (nSPS) is 26.2. The smallest absolute Gasteiger partial charge is 0.233 e. The average molecular weight is 338 g/mol. The Morgan fingerprint density at radius 1 is 1.25 bits per heavy atom. The quantitative estimate of drug-likeness (QED) is 0.832. The van der Waals surface area contributed by atoms with Crippen LogP contribution in [0.2, 0.25) is 0 Å². The molecule has 24 heavy (non-hydrogen) atoms. The van der Waals surface area contributed by atoms with Crippen molar-refractivity contribution in [3.05, 3.63) is 35.4 Å². The molecule has 0 radical (unpaired) electrons. The van der Waals surface area contributed by atoms with E-state index in [0.29, 0.717) is 0 Å². The van der Waals surface area contributed by atoms with Gasteiger partial charge in [0.2, 0.25) is 11.6 Å². The maximum absolute atomic E-state index is 14.4. The fourth-order valence-electron chi connectivity index (χ4n) is 3.54. The average Bonchev–Trinajstić information content (AvgIpc) is 2.98. The Balaban J connectivity index is 1.98. The van der Waals surface area contributed by atoms with Crippen LogP contribution < -0.4 is 0 Å². The molecule has 0 spiro atoms. The minimum atomic E-state index is -2.07. The summed E-state index contributed by atoms with van der Waals surface area (Å²) in [7, 11) is 0. The molecule has 2 aliphatic heterocycles. The zero-order valence-electron chi connectivity index (χ0n) is 13.0. The molecule has 1 atom stereocenters. The van der Waals surface area contributed by atoms with Gasteiger partial charge in [0.1, 0.15) is 17.7 Å². The maximum atomic E-state index is 14.4. The maximum Gasteiger partial charge on any atom is 0.233 e. The minimum Gasteiger partial charge on any atom is -0.381 e. The van der Waals surface area contributed by atoms with E-state index in [1.54, 1.807) is 6.07 Å². The summed E-state index contributed by atoms with van der Waals surface area (Å²) in [5.41, 5.74) is -3.18. The van der Waals surface area contributed by atoms with Crippen LogP contribution in [0.4, 0.5) is 13.2 Å². The van der Waals surface area contributed by atoms with E-state index in [9.17, 15) is 18.0 Å². The third-order valence-corrected chi connectivity index (χ3v) is 4.91. The lowest BCUT2D eigenvalue weighted by Gasteiger charge is -2.39. The summed E-state index contributed by atoms with van der Waals surface area (Å²) < 4.78 is 47.1. The number of ether oxygens (including phenoxy) is 1. The molecule has 0 aliphatic carbocycles.